The molecule has 0 bridgehead atoms. The van der Waals surface area contributed by atoms with Crippen LogP contribution in [0.4, 0.5) is 0 Å². The molecule has 0 saturated heterocycles. The monoisotopic (exact) mass is 389 g/mol. The molecule has 2 aromatic heterocycles. The molecule has 4 aromatic rings. The second kappa shape index (κ2) is 9.10. The molecule has 29 heavy (non-hydrogen) atoms. The average molecular weight is 389 g/mol. The molecule has 6 heteroatoms. The number of amides is 1. The fourth-order valence-electron chi connectivity index (χ4n) is 3.24. The van der Waals surface area contributed by atoms with Gasteiger partial charge in [0.15, 0.2) is 5.76 Å². The molecule has 2 heterocycles. The lowest BCUT2D eigenvalue weighted by atomic mass is 10.3. The van der Waals surface area contributed by atoms with Crippen LogP contribution in [-0.4, -0.2) is 22.1 Å². The summed E-state index contributed by atoms with van der Waals surface area (Å²) in [5.74, 6) is 1.77. The summed E-state index contributed by atoms with van der Waals surface area (Å²) in [6, 6.07) is 21.2. The summed E-state index contributed by atoms with van der Waals surface area (Å²) in [6.07, 6.45) is 3.37. The highest BCUT2D eigenvalue weighted by Gasteiger charge is 2.13. The lowest BCUT2D eigenvalue weighted by molar-refractivity contribution is 0.0921. The van der Waals surface area contributed by atoms with Crippen LogP contribution in [-0.2, 0) is 13.1 Å². The fourth-order valence-corrected chi connectivity index (χ4v) is 3.24. The van der Waals surface area contributed by atoms with Crippen LogP contribution in [0.5, 0.6) is 5.75 Å². The number of nitrogens with one attached hydrogen (secondary N) is 1. The second-order valence-electron chi connectivity index (χ2n) is 6.70. The molecule has 0 atom stereocenters. The van der Waals surface area contributed by atoms with Gasteiger partial charge in [-0.2, -0.15) is 0 Å². The number of carbonyl (C=O) groups is 1. The summed E-state index contributed by atoms with van der Waals surface area (Å²) in [4.78, 5) is 16.9. The minimum Gasteiger partial charge on any atom is -0.494 e. The van der Waals surface area contributed by atoms with Crippen molar-refractivity contribution in [1.29, 1.82) is 0 Å². The van der Waals surface area contributed by atoms with Crippen LogP contribution in [0.15, 0.2) is 77.4 Å². The molecule has 2 aromatic carbocycles. The van der Waals surface area contributed by atoms with Gasteiger partial charge in [-0.1, -0.05) is 30.3 Å². The van der Waals surface area contributed by atoms with Crippen molar-refractivity contribution < 1.29 is 13.9 Å². The van der Waals surface area contributed by atoms with Crippen molar-refractivity contribution >= 4 is 16.9 Å². The Morgan fingerprint density at radius 1 is 1.00 bits per heavy atom. The molecule has 6 nitrogen and oxygen atoms in total. The first-order valence-corrected chi connectivity index (χ1v) is 9.75. The van der Waals surface area contributed by atoms with Crippen LogP contribution in [0.1, 0.15) is 29.2 Å². The van der Waals surface area contributed by atoms with Crippen molar-refractivity contribution in [2.45, 2.75) is 25.9 Å². The summed E-state index contributed by atoms with van der Waals surface area (Å²) >= 11 is 0. The number of hydrogen-bond donors (Lipinski definition) is 1. The largest absolute Gasteiger partial charge is 0.494 e. The topological polar surface area (TPSA) is 69.3 Å². The van der Waals surface area contributed by atoms with Crippen molar-refractivity contribution in [3.05, 3.63) is 84.6 Å². The van der Waals surface area contributed by atoms with E-state index in [0.717, 1.165) is 42.0 Å². The average Bonchev–Trinajstić information content (AvgIpc) is 3.41. The van der Waals surface area contributed by atoms with E-state index in [0.29, 0.717) is 18.9 Å². The van der Waals surface area contributed by atoms with Crippen LogP contribution in [0.3, 0.4) is 0 Å². The van der Waals surface area contributed by atoms with E-state index in [9.17, 15) is 4.79 Å². The maximum absolute atomic E-state index is 12.2. The minimum absolute atomic E-state index is 0.245. The number of imidazole rings is 1. The summed E-state index contributed by atoms with van der Waals surface area (Å²) < 4.78 is 13.1. The summed E-state index contributed by atoms with van der Waals surface area (Å²) in [6.45, 7) is 1.82. The van der Waals surface area contributed by atoms with E-state index in [1.807, 2.05) is 48.5 Å². The Kier molecular flexibility index (Phi) is 5.90. The number of benzene rings is 2. The van der Waals surface area contributed by atoms with Crippen molar-refractivity contribution in [1.82, 2.24) is 14.9 Å². The van der Waals surface area contributed by atoms with Crippen molar-refractivity contribution in [3.63, 3.8) is 0 Å². The van der Waals surface area contributed by atoms with Gasteiger partial charge >= 0.3 is 0 Å². The number of unbranched alkanes of at least 4 members (excludes halogenated alkanes) is 1. The number of fused-ring (bicyclic) bond motifs is 1. The Morgan fingerprint density at radius 3 is 2.66 bits per heavy atom. The number of para-hydroxylation sites is 3. The third-order valence-corrected chi connectivity index (χ3v) is 4.67. The van der Waals surface area contributed by atoms with Crippen LogP contribution >= 0.6 is 0 Å². The Morgan fingerprint density at radius 2 is 1.83 bits per heavy atom. The Labute approximate surface area is 169 Å². The van der Waals surface area contributed by atoms with Crippen molar-refractivity contribution in [3.8, 4) is 5.75 Å². The van der Waals surface area contributed by atoms with E-state index in [1.54, 1.807) is 12.1 Å². The van der Waals surface area contributed by atoms with E-state index in [1.165, 1.54) is 6.26 Å². The number of aryl methyl sites for hydroxylation is 1. The van der Waals surface area contributed by atoms with Crippen LogP contribution in [0.2, 0.25) is 0 Å². The molecule has 4 rings (SSSR count). The zero-order valence-electron chi connectivity index (χ0n) is 16.1. The molecule has 0 saturated carbocycles. The third kappa shape index (κ3) is 4.66. The van der Waals surface area contributed by atoms with Crippen molar-refractivity contribution in [2.24, 2.45) is 0 Å². The maximum atomic E-state index is 12.2. The normalized spacial score (nSPS) is 10.9. The molecule has 0 aliphatic heterocycles. The Bertz CT molecular complexity index is 1060. The minimum atomic E-state index is -0.245. The number of carbonyl (C=O) groups excluding carboxylic acids is 1. The Hall–Kier alpha value is -3.54. The van der Waals surface area contributed by atoms with Gasteiger partial charge in [-0.3, -0.25) is 4.79 Å². The number of aromatic nitrogens is 2. The quantitative estimate of drug-likeness (QED) is 0.430. The number of rotatable bonds is 9. The van der Waals surface area contributed by atoms with Gasteiger partial charge in [0.25, 0.3) is 5.91 Å². The fraction of sp³-hybridized carbons (Fsp3) is 0.217. The maximum Gasteiger partial charge on any atom is 0.287 e. The molecular weight excluding hydrogens is 366 g/mol. The van der Waals surface area contributed by atoms with E-state index in [2.05, 4.69) is 16.0 Å². The molecule has 0 unspecified atom stereocenters. The van der Waals surface area contributed by atoms with E-state index in [4.69, 9.17) is 14.1 Å². The first-order chi connectivity index (χ1) is 14.3. The lowest BCUT2D eigenvalue weighted by Gasteiger charge is -2.10. The zero-order valence-corrected chi connectivity index (χ0v) is 16.1. The number of furan rings is 1. The molecule has 148 valence electrons. The summed E-state index contributed by atoms with van der Waals surface area (Å²) in [5.41, 5.74) is 1.99. The molecular formula is C23H23N3O3. The molecule has 0 fully saturated rings. The first-order valence-electron chi connectivity index (χ1n) is 9.75. The van der Waals surface area contributed by atoms with E-state index < -0.39 is 0 Å². The number of hydrogen-bond acceptors (Lipinski definition) is 4. The van der Waals surface area contributed by atoms with Crippen molar-refractivity contribution in [2.75, 3.05) is 6.61 Å². The van der Waals surface area contributed by atoms with Crippen LogP contribution in [0, 0.1) is 0 Å². The highest BCUT2D eigenvalue weighted by molar-refractivity contribution is 5.91. The van der Waals surface area contributed by atoms with Gasteiger partial charge in [0, 0.05) is 6.54 Å². The lowest BCUT2D eigenvalue weighted by Crippen LogP contribution is -2.24. The zero-order chi connectivity index (χ0) is 19.9. The third-order valence-electron chi connectivity index (χ3n) is 4.67. The SMILES string of the molecule is O=C(NCc1nc2ccccc2n1CCCCOc1ccccc1)c1ccco1. The van der Waals surface area contributed by atoms with Gasteiger partial charge in [0.05, 0.1) is 30.4 Å². The highest BCUT2D eigenvalue weighted by atomic mass is 16.5. The molecule has 1 N–H and O–H groups in total. The van der Waals surface area contributed by atoms with Gasteiger partial charge in [-0.15, -0.1) is 0 Å². The number of ether oxygens (including phenoxy) is 1. The van der Waals surface area contributed by atoms with Crippen LogP contribution < -0.4 is 10.1 Å². The Balaban J connectivity index is 1.37. The predicted molar refractivity (Wildman–Crippen MR) is 111 cm³/mol. The molecule has 1 amide bonds. The number of nitrogens with zero attached hydrogens (tertiary/aromatic N) is 2. The highest BCUT2D eigenvalue weighted by Crippen LogP contribution is 2.17. The standard InChI is InChI=1S/C23H23N3O3/c27-23(21-13-8-16-29-21)24-17-22-25-19-11-4-5-12-20(19)26(22)14-6-7-15-28-18-9-2-1-3-10-18/h1-5,8-13,16H,6-7,14-15,17H2,(H,24,27). The van der Waals surface area contributed by atoms with Gasteiger partial charge in [-0.25, -0.2) is 4.98 Å². The molecule has 0 spiro atoms. The first kappa shape index (κ1) is 18.8. The van der Waals surface area contributed by atoms with E-state index >= 15 is 0 Å². The predicted octanol–water partition coefficient (Wildman–Crippen LogP) is 4.42. The molecule has 0 aliphatic rings. The van der Waals surface area contributed by atoms with Gasteiger partial charge in [0.2, 0.25) is 0 Å². The van der Waals surface area contributed by atoms with Gasteiger partial charge < -0.3 is 19.0 Å². The molecule has 0 radical (unpaired) electrons. The summed E-state index contributed by atoms with van der Waals surface area (Å²) in [7, 11) is 0. The van der Waals surface area contributed by atoms with E-state index in [-0.39, 0.29) is 5.91 Å². The van der Waals surface area contributed by atoms with Crippen LogP contribution in [0.25, 0.3) is 11.0 Å². The smallest absolute Gasteiger partial charge is 0.287 e. The second-order valence-corrected chi connectivity index (χ2v) is 6.70. The van der Waals surface area contributed by atoms with Gasteiger partial charge in [0.1, 0.15) is 11.6 Å². The summed E-state index contributed by atoms with van der Waals surface area (Å²) in [5, 5.41) is 2.89. The van der Waals surface area contributed by atoms with Gasteiger partial charge in [-0.05, 0) is 49.2 Å². The molecule has 0 aliphatic carbocycles.